The van der Waals surface area contributed by atoms with Gasteiger partial charge in [-0.2, -0.15) is 5.10 Å². The Labute approximate surface area is 97.0 Å². The summed E-state index contributed by atoms with van der Waals surface area (Å²) in [6, 6.07) is 2.05. The van der Waals surface area contributed by atoms with E-state index in [1.807, 2.05) is 17.9 Å². The van der Waals surface area contributed by atoms with Crippen LogP contribution in [-0.4, -0.2) is 29.5 Å². The Kier molecular flexibility index (Phi) is 3.61. The molecule has 90 valence electrons. The molecule has 1 aromatic heterocycles. The standard InChI is InChI=1S/C12H21N3O/c1-12(4-7-16-8-5-12)10-13-9-11-3-6-15(2)14-11/h3,6,13H,4-5,7-10H2,1-2H3. The molecule has 1 N–H and O–H groups in total. The first-order valence-corrected chi connectivity index (χ1v) is 5.95. The topological polar surface area (TPSA) is 39.1 Å². The van der Waals surface area contributed by atoms with Crippen molar-refractivity contribution in [1.82, 2.24) is 15.1 Å². The first-order valence-electron chi connectivity index (χ1n) is 5.95. The summed E-state index contributed by atoms with van der Waals surface area (Å²) in [5, 5.41) is 7.84. The van der Waals surface area contributed by atoms with Crippen molar-refractivity contribution in [2.75, 3.05) is 19.8 Å². The molecule has 16 heavy (non-hydrogen) atoms. The molecule has 0 amide bonds. The number of aromatic nitrogens is 2. The third-order valence-corrected chi connectivity index (χ3v) is 3.33. The molecule has 1 aliphatic rings. The summed E-state index contributed by atoms with van der Waals surface area (Å²) in [4.78, 5) is 0. The van der Waals surface area contributed by atoms with E-state index in [0.717, 1.165) is 44.8 Å². The Morgan fingerprint density at radius 3 is 2.88 bits per heavy atom. The first kappa shape index (κ1) is 11.6. The van der Waals surface area contributed by atoms with Gasteiger partial charge in [0.25, 0.3) is 0 Å². The summed E-state index contributed by atoms with van der Waals surface area (Å²) in [5.74, 6) is 0. The first-order chi connectivity index (χ1) is 7.68. The summed E-state index contributed by atoms with van der Waals surface area (Å²) < 4.78 is 7.23. The number of rotatable bonds is 4. The SMILES string of the molecule is Cn1ccc(CNCC2(C)CCOCC2)n1. The van der Waals surface area contributed by atoms with E-state index in [2.05, 4.69) is 23.4 Å². The zero-order chi connectivity index (χ0) is 11.4. The van der Waals surface area contributed by atoms with Crippen molar-refractivity contribution in [1.29, 1.82) is 0 Å². The third kappa shape index (κ3) is 3.06. The Hall–Kier alpha value is -0.870. The summed E-state index contributed by atoms with van der Waals surface area (Å²) in [6.45, 7) is 6.05. The van der Waals surface area contributed by atoms with Crippen molar-refractivity contribution < 1.29 is 4.74 Å². The molecule has 0 aliphatic carbocycles. The highest BCUT2D eigenvalue weighted by molar-refractivity contribution is 4.98. The van der Waals surface area contributed by atoms with E-state index in [1.165, 1.54) is 0 Å². The van der Waals surface area contributed by atoms with Gasteiger partial charge in [-0.05, 0) is 24.3 Å². The van der Waals surface area contributed by atoms with Crippen molar-refractivity contribution in [2.24, 2.45) is 12.5 Å². The molecule has 2 heterocycles. The molecular formula is C12H21N3O. The smallest absolute Gasteiger partial charge is 0.0762 e. The fourth-order valence-electron chi connectivity index (χ4n) is 2.09. The van der Waals surface area contributed by atoms with Gasteiger partial charge in [0.2, 0.25) is 0 Å². The van der Waals surface area contributed by atoms with E-state index in [0.29, 0.717) is 5.41 Å². The molecule has 0 aromatic carbocycles. The van der Waals surface area contributed by atoms with Gasteiger partial charge in [0.05, 0.1) is 5.69 Å². The van der Waals surface area contributed by atoms with Crippen molar-refractivity contribution in [2.45, 2.75) is 26.3 Å². The molecule has 0 saturated carbocycles. The monoisotopic (exact) mass is 223 g/mol. The highest BCUT2D eigenvalue weighted by Gasteiger charge is 2.26. The number of nitrogens with zero attached hydrogens (tertiary/aromatic N) is 2. The molecule has 1 aromatic rings. The van der Waals surface area contributed by atoms with Crippen LogP contribution in [0.1, 0.15) is 25.5 Å². The van der Waals surface area contributed by atoms with Crippen LogP contribution in [0.5, 0.6) is 0 Å². The van der Waals surface area contributed by atoms with Crippen LogP contribution in [0.3, 0.4) is 0 Å². The molecule has 0 spiro atoms. The van der Waals surface area contributed by atoms with Crippen molar-refractivity contribution in [3.05, 3.63) is 18.0 Å². The maximum absolute atomic E-state index is 5.39. The van der Waals surface area contributed by atoms with E-state index in [-0.39, 0.29) is 0 Å². The van der Waals surface area contributed by atoms with Crippen LogP contribution in [0.15, 0.2) is 12.3 Å². The van der Waals surface area contributed by atoms with Crippen molar-refractivity contribution in [3.8, 4) is 0 Å². The lowest BCUT2D eigenvalue weighted by atomic mass is 9.82. The Morgan fingerprint density at radius 2 is 2.25 bits per heavy atom. The molecule has 0 atom stereocenters. The quantitative estimate of drug-likeness (QED) is 0.837. The summed E-state index contributed by atoms with van der Waals surface area (Å²) in [5.41, 5.74) is 1.51. The van der Waals surface area contributed by atoms with Gasteiger partial charge < -0.3 is 10.1 Å². The van der Waals surface area contributed by atoms with Gasteiger partial charge in [-0.25, -0.2) is 0 Å². The highest BCUT2D eigenvalue weighted by Crippen LogP contribution is 2.28. The zero-order valence-electron chi connectivity index (χ0n) is 10.2. The van der Waals surface area contributed by atoms with Crippen molar-refractivity contribution in [3.63, 3.8) is 0 Å². The second-order valence-corrected chi connectivity index (χ2v) is 5.01. The molecule has 1 saturated heterocycles. The Morgan fingerprint density at radius 1 is 1.50 bits per heavy atom. The van der Waals surface area contributed by atoms with Gasteiger partial charge in [-0.1, -0.05) is 6.92 Å². The van der Waals surface area contributed by atoms with Gasteiger partial charge >= 0.3 is 0 Å². The maximum atomic E-state index is 5.39. The van der Waals surface area contributed by atoms with E-state index < -0.39 is 0 Å². The minimum Gasteiger partial charge on any atom is -0.381 e. The molecule has 0 radical (unpaired) electrons. The van der Waals surface area contributed by atoms with Gasteiger partial charge in [-0.15, -0.1) is 0 Å². The normalized spacial score (nSPS) is 19.9. The number of aryl methyl sites for hydroxylation is 1. The summed E-state index contributed by atoms with van der Waals surface area (Å²) in [6.07, 6.45) is 4.29. The van der Waals surface area contributed by atoms with Gasteiger partial charge in [0.1, 0.15) is 0 Å². The largest absolute Gasteiger partial charge is 0.381 e. The zero-order valence-corrected chi connectivity index (χ0v) is 10.2. The van der Waals surface area contributed by atoms with Crippen molar-refractivity contribution >= 4 is 0 Å². The maximum Gasteiger partial charge on any atom is 0.0762 e. The van der Waals surface area contributed by atoms with Gasteiger partial charge in [-0.3, -0.25) is 4.68 Å². The average Bonchev–Trinajstić information content (AvgIpc) is 2.65. The summed E-state index contributed by atoms with van der Waals surface area (Å²) in [7, 11) is 1.95. The lowest BCUT2D eigenvalue weighted by molar-refractivity contribution is 0.0239. The number of nitrogens with one attached hydrogen (secondary N) is 1. The molecule has 0 unspecified atom stereocenters. The average molecular weight is 223 g/mol. The Bertz CT molecular complexity index is 329. The number of ether oxygens (including phenoxy) is 1. The fourth-order valence-corrected chi connectivity index (χ4v) is 2.09. The fraction of sp³-hybridized carbons (Fsp3) is 0.750. The van der Waals surface area contributed by atoms with E-state index >= 15 is 0 Å². The Balaban J connectivity index is 1.74. The van der Waals surface area contributed by atoms with Crippen LogP contribution >= 0.6 is 0 Å². The molecule has 1 fully saturated rings. The molecule has 2 rings (SSSR count). The predicted octanol–water partition coefficient (Wildman–Crippen LogP) is 1.33. The van der Waals surface area contributed by atoms with Crippen LogP contribution in [0, 0.1) is 5.41 Å². The molecule has 0 bridgehead atoms. The molecule has 4 heteroatoms. The molecule has 1 aliphatic heterocycles. The second-order valence-electron chi connectivity index (χ2n) is 5.01. The number of hydrogen-bond donors (Lipinski definition) is 1. The minimum atomic E-state index is 0.396. The van der Waals surface area contributed by atoms with Crippen LogP contribution in [0.2, 0.25) is 0 Å². The minimum absolute atomic E-state index is 0.396. The third-order valence-electron chi connectivity index (χ3n) is 3.33. The summed E-state index contributed by atoms with van der Waals surface area (Å²) >= 11 is 0. The second kappa shape index (κ2) is 4.97. The van der Waals surface area contributed by atoms with Crippen LogP contribution in [0.4, 0.5) is 0 Å². The lowest BCUT2D eigenvalue weighted by Crippen LogP contribution is -2.36. The highest BCUT2D eigenvalue weighted by atomic mass is 16.5. The predicted molar refractivity (Wildman–Crippen MR) is 63.1 cm³/mol. The van der Waals surface area contributed by atoms with Crippen LogP contribution < -0.4 is 5.32 Å². The lowest BCUT2D eigenvalue weighted by Gasteiger charge is -2.33. The van der Waals surface area contributed by atoms with E-state index in [1.54, 1.807) is 0 Å². The van der Waals surface area contributed by atoms with Gasteiger partial charge in [0.15, 0.2) is 0 Å². The number of hydrogen-bond acceptors (Lipinski definition) is 3. The molecule has 4 nitrogen and oxygen atoms in total. The van der Waals surface area contributed by atoms with E-state index in [9.17, 15) is 0 Å². The van der Waals surface area contributed by atoms with Crippen LogP contribution in [-0.2, 0) is 18.3 Å². The van der Waals surface area contributed by atoms with Gasteiger partial charge in [0, 0.05) is 39.5 Å². The molecular weight excluding hydrogens is 202 g/mol. The van der Waals surface area contributed by atoms with E-state index in [4.69, 9.17) is 4.74 Å². The van der Waals surface area contributed by atoms with Crippen LogP contribution in [0.25, 0.3) is 0 Å².